The molecule has 0 radical (unpaired) electrons. The predicted octanol–water partition coefficient (Wildman–Crippen LogP) is 1.29. The number of thiazole rings is 1. The summed E-state index contributed by atoms with van der Waals surface area (Å²) in [5, 5.41) is 21.7. The number of non-ortho nitro benzene ring substituents is 2. The number of aromatic nitrogens is 2. The zero-order valence-corrected chi connectivity index (χ0v) is 18.7. The van der Waals surface area contributed by atoms with Crippen molar-refractivity contribution >= 4 is 51.2 Å². The Bertz CT molecular complexity index is 1160. The van der Waals surface area contributed by atoms with Crippen molar-refractivity contribution in [2.24, 2.45) is 0 Å². The maximum atomic E-state index is 10.7. The first-order chi connectivity index (χ1) is 13.3. The Hall–Kier alpha value is -2.57. The molecule has 0 saturated heterocycles. The summed E-state index contributed by atoms with van der Waals surface area (Å²) in [7, 11) is 0. The number of nitro benzene ring substituents is 2. The second-order valence-corrected chi connectivity index (χ2v) is 6.96. The summed E-state index contributed by atoms with van der Waals surface area (Å²) in [6, 6.07) is 12.6. The van der Waals surface area contributed by atoms with Gasteiger partial charge in [-0.05, 0) is 18.2 Å². The summed E-state index contributed by atoms with van der Waals surface area (Å²) in [6.07, 6.45) is 1.82. The van der Waals surface area contributed by atoms with Gasteiger partial charge in [0.2, 0.25) is 0 Å². The molecule has 0 aliphatic carbocycles. The zero-order valence-electron chi connectivity index (χ0n) is 15.1. The third kappa shape index (κ3) is 5.49. The third-order valence-electron chi connectivity index (χ3n) is 3.61. The second kappa shape index (κ2) is 9.76. The van der Waals surface area contributed by atoms with Crippen molar-refractivity contribution in [2.45, 2.75) is 4.90 Å². The van der Waals surface area contributed by atoms with Crippen molar-refractivity contribution in [3.05, 3.63) is 75.0 Å². The minimum atomic E-state index is -0.509. The maximum absolute atomic E-state index is 10.7. The number of nitrogens with zero attached hydrogens (tertiary/aromatic N) is 3. The number of hydrogen-bond acceptors (Lipinski definition) is 8. The predicted molar refractivity (Wildman–Crippen MR) is 109 cm³/mol. The molecule has 2 heterocycles. The van der Waals surface area contributed by atoms with Gasteiger partial charge in [-0.2, -0.15) is 4.90 Å². The van der Waals surface area contributed by atoms with Gasteiger partial charge >= 0.3 is 29.6 Å². The van der Waals surface area contributed by atoms with Gasteiger partial charge < -0.3 is 23.3 Å². The molecule has 4 aromatic rings. The van der Waals surface area contributed by atoms with E-state index in [1.54, 1.807) is 6.07 Å². The molecule has 0 saturated carbocycles. The molecule has 0 spiro atoms. The molecule has 12 heteroatoms. The molecule has 142 valence electrons. The number of nitrogens with one attached hydrogen (secondary N) is 1. The first kappa shape index (κ1) is 22.7. The molecule has 2 aromatic carbocycles. The Balaban J connectivity index is 0.000000219. The van der Waals surface area contributed by atoms with Crippen LogP contribution < -0.4 is 35.3 Å². The summed E-state index contributed by atoms with van der Waals surface area (Å²) in [4.78, 5) is 27.8. The number of fused-ring (bicyclic) bond motifs is 1. The van der Waals surface area contributed by atoms with Crippen molar-refractivity contribution < 1.29 is 39.4 Å². The van der Waals surface area contributed by atoms with E-state index in [1.165, 1.54) is 41.7 Å². The molecule has 2 aromatic heterocycles. The van der Waals surface area contributed by atoms with E-state index in [4.69, 9.17) is 18.4 Å². The summed E-state index contributed by atoms with van der Waals surface area (Å²) < 4.78 is 0.945. The Morgan fingerprint density at radius 3 is 2.28 bits per heavy atom. The van der Waals surface area contributed by atoms with E-state index in [1.807, 2.05) is 18.3 Å². The van der Waals surface area contributed by atoms with Crippen LogP contribution in [-0.2, 0) is 12.6 Å². The second-order valence-electron chi connectivity index (χ2n) is 5.49. The average molecular weight is 437 g/mol. The average Bonchev–Trinajstić information content (AvgIpc) is 3.32. The number of hydrogen-bond donors (Lipinski definition) is 2. The van der Waals surface area contributed by atoms with Gasteiger partial charge in [-0.15, -0.1) is 11.3 Å². The smallest absolute Gasteiger partial charge is 0.778 e. The van der Waals surface area contributed by atoms with Gasteiger partial charge in [0, 0.05) is 36.1 Å². The standard InChI is InChI=1S/C11H7N3O2S.C6H6N2O2S.Na/c15-14(16)7-3-4-10-9(6-7)13-11(17-10)8-2-1-5-12-8;7-5-3-4(8(9)10)1-2-6(5)11;/h1-6,12H;1-3,11H,7H2;/q;;+1/p-1. The fraction of sp³-hybridized carbons (Fsp3) is 0. The molecule has 0 aliphatic rings. The van der Waals surface area contributed by atoms with Gasteiger partial charge in [-0.1, -0.05) is 6.07 Å². The van der Waals surface area contributed by atoms with E-state index in [0.29, 0.717) is 10.4 Å². The SMILES string of the molecule is Nc1cc([N+](=O)[O-])ccc1[S-].O=[N+]([O-])c1ccc2sc(-c3ccc[nH]3)nc2c1.[Na+]. The van der Waals surface area contributed by atoms with Crippen LogP contribution in [0.15, 0.2) is 59.6 Å². The van der Waals surface area contributed by atoms with E-state index in [-0.39, 0.29) is 46.6 Å². The van der Waals surface area contributed by atoms with Crippen LogP contribution in [0, 0.1) is 20.2 Å². The van der Waals surface area contributed by atoms with Crippen LogP contribution in [0.3, 0.4) is 0 Å². The molecular weight excluding hydrogens is 425 g/mol. The van der Waals surface area contributed by atoms with Crippen LogP contribution in [-0.4, -0.2) is 19.8 Å². The number of aromatic amines is 1. The van der Waals surface area contributed by atoms with E-state index in [9.17, 15) is 20.2 Å². The van der Waals surface area contributed by atoms with Crippen LogP contribution in [0.25, 0.3) is 20.9 Å². The Morgan fingerprint density at radius 2 is 1.69 bits per heavy atom. The molecule has 0 bridgehead atoms. The molecule has 0 aliphatic heterocycles. The van der Waals surface area contributed by atoms with Crippen molar-refractivity contribution in [3.63, 3.8) is 0 Å². The molecule has 9 nitrogen and oxygen atoms in total. The van der Waals surface area contributed by atoms with Crippen molar-refractivity contribution in [2.75, 3.05) is 5.73 Å². The first-order valence-electron chi connectivity index (χ1n) is 7.75. The molecule has 3 N–H and O–H groups in total. The monoisotopic (exact) mass is 437 g/mol. The molecule has 4 rings (SSSR count). The molecule has 29 heavy (non-hydrogen) atoms. The number of rotatable bonds is 3. The quantitative estimate of drug-likeness (QED) is 0.162. The largest absolute Gasteiger partial charge is 1.00 e. The number of nitrogen functional groups attached to an aromatic ring is 1. The van der Waals surface area contributed by atoms with Gasteiger partial charge in [0.05, 0.1) is 25.8 Å². The van der Waals surface area contributed by atoms with E-state index >= 15 is 0 Å². The number of nitrogens with two attached hydrogens (primary N) is 1. The van der Waals surface area contributed by atoms with Gasteiger partial charge in [0.1, 0.15) is 5.01 Å². The minimum Gasteiger partial charge on any atom is -0.778 e. The van der Waals surface area contributed by atoms with Gasteiger partial charge in [-0.25, -0.2) is 4.98 Å². The summed E-state index contributed by atoms with van der Waals surface area (Å²) in [6.45, 7) is 0. The van der Waals surface area contributed by atoms with Gasteiger partial charge in [0.15, 0.2) is 0 Å². The molecule has 0 amide bonds. The molecular formula is C17H12N5NaO4S2. The number of H-pyrrole nitrogens is 1. The van der Waals surface area contributed by atoms with Crippen LogP contribution in [0.5, 0.6) is 0 Å². The van der Waals surface area contributed by atoms with Crippen LogP contribution in [0.1, 0.15) is 0 Å². The fourth-order valence-corrected chi connectivity index (χ4v) is 3.32. The number of benzene rings is 2. The third-order valence-corrected chi connectivity index (χ3v) is 5.06. The summed E-state index contributed by atoms with van der Waals surface area (Å²) >= 11 is 6.26. The van der Waals surface area contributed by atoms with E-state index in [2.05, 4.69) is 9.97 Å². The summed E-state index contributed by atoms with van der Waals surface area (Å²) in [5.41, 5.74) is 7.25. The molecule has 0 atom stereocenters. The van der Waals surface area contributed by atoms with E-state index < -0.39 is 9.85 Å². The Morgan fingerprint density at radius 1 is 1.03 bits per heavy atom. The maximum Gasteiger partial charge on any atom is 1.00 e. The van der Waals surface area contributed by atoms with Crippen LogP contribution in [0.2, 0.25) is 0 Å². The molecule has 0 unspecified atom stereocenters. The van der Waals surface area contributed by atoms with Crippen molar-refractivity contribution in [1.29, 1.82) is 0 Å². The van der Waals surface area contributed by atoms with Crippen molar-refractivity contribution in [1.82, 2.24) is 9.97 Å². The van der Waals surface area contributed by atoms with Crippen LogP contribution >= 0.6 is 11.3 Å². The normalized spacial score (nSPS) is 9.93. The van der Waals surface area contributed by atoms with Crippen LogP contribution in [0.4, 0.5) is 17.1 Å². The topological polar surface area (TPSA) is 141 Å². The molecule has 0 fully saturated rings. The van der Waals surface area contributed by atoms with E-state index in [0.717, 1.165) is 15.4 Å². The van der Waals surface area contributed by atoms with Gasteiger partial charge in [0.25, 0.3) is 11.4 Å². The van der Waals surface area contributed by atoms with Gasteiger partial charge in [-0.3, -0.25) is 20.2 Å². The van der Waals surface area contributed by atoms with Crippen molar-refractivity contribution in [3.8, 4) is 10.7 Å². The Labute approximate surface area is 196 Å². The minimum absolute atomic E-state index is 0. The first-order valence-corrected chi connectivity index (χ1v) is 8.97. The fourth-order valence-electron chi connectivity index (χ4n) is 2.26. The zero-order chi connectivity index (χ0) is 20.3. The summed E-state index contributed by atoms with van der Waals surface area (Å²) in [5.74, 6) is 0. The number of anilines is 1. The Kier molecular flexibility index (Phi) is 7.65. The number of nitro groups is 2.